The number of likely N-dealkylation sites (tertiary alicyclic amines) is 1. The van der Waals surface area contributed by atoms with E-state index in [1.165, 1.54) is 16.7 Å². The van der Waals surface area contributed by atoms with Crippen LogP contribution in [0.2, 0.25) is 0 Å². The van der Waals surface area contributed by atoms with Crippen molar-refractivity contribution in [1.82, 2.24) is 9.80 Å². The van der Waals surface area contributed by atoms with Gasteiger partial charge in [-0.15, -0.1) is 18.3 Å². The van der Waals surface area contributed by atoms with Crippen molar-refractivity contribution in [2.45, 2.75) is 36.5 Å². The number of β-lactam (4-membered cyclic amide) rings is 1. The Morgan fingerprint density at radius 1 is 1.60 bits per heavy atom. The van der Waals surface area contributed by atoms with E-state index in [-0.39, 0.29) is 17.2 Å². The van der Waals surface area contributed by atoms with Crippen LogP contribution in [0.5, 0.6) is 0 Å². The van der Waals surface area contributed by atoms with Crippen molar-refractivity contribution < 1.29 is 24.5 Å². The number of hydrogen-bond acceptors (Lipinski definition) is 7. The fourth-order valence-electron chi connectivity index (χ4n) is 3.34. The Kier molecular flexibility index (Phi) is 5.67. The highest BCUT2D eigenvalue weighted by molar-refractivity contribution is 8.23. The first-order valence-corrected chi connectivity index (χ1v) is 10.0. The Balaban J connectivity index is 1.73. The number of carbonyl (C=O) groups is 2. The highest BCUT2D eigenvalue weighted by Gasteiger charge is 2.58. The summed E-state index contributed by atoms with van der Waals surface area (Å²) in [6.45, 7) is 8.27. The van der Waals surface area contributed by atoms with Crippen molar-refractivity contribution in [2.24, 2.45) is 5.92 Å². The van der Waals surface area contributed by atoms with Gasteiger partial charge in [-0.2, -0.15) is 0 Å². The fraction of sp³-hybridized carbons (Fsp3) is 0.625. The molecule has 2 fully saturated rings. The van der Waals surface area contributed by atoms with Crippen molar-refractivity contribution >= 4 is 35.6 Å². The Hall–Kier alpha value is -1.16. The van der Waals surface area contributed by atoms with Gasteiger partial charge in [-0.3, -0.25) is 14.6 Å². The summed E-state index contributed by atoms with van der Waals surface area (Å²) >= 11 is 3.00. The first-order valence-electron chi connectivity index (χ1n) is 8.29. The van der Waals surface area contributed by atoms with Gasteiger partial charge in [0, 0.05) is 18.3 Å². The van der Waals surface area contributed by atoms with Gasteiger partial charge in [-0.1, -0.05) is 24.8 Å². The quantitative estimate of drug-likeness (QED) is 0.391. The third kappa shape index (κ3) is 3.55. The molecule has 3 aliphatic rings. The topological polar surface area (TPSA) is 90.3 Å². The van der Waals surface area contributed by atoms with Crippen LogP contribution in [0.4, 0.5) is 4.79 Å². The van der Waals surface area contributed by atoms with Crippen molar-refractivity contribution in [3.8, 4) is 0 Å². The Morgan fingerprint density at radius 2 is 2.36 bits per heavy atom. The molecule has 9 heteroatoms. The van der Waals surface area contributed by atoms with E-state index in [0.717, 1.165) is 30.3 Å². The molecular formula is C16H22N2O5S2. The maximum Gasteiger partial charge on any atom is 0.512 e. The van der Waals surface area contributed by atoms with Crippen LogP contribution in [0.15, 0.2) is 22.8 Å². The van der Waals surface area contributed by atoms with Gasteiger partial charge in [0.05, 0.1) is 12.0 Å². The van der Waals surface area contributed by atoms with Crippen LogP contribution in [0.1, 0.15) is 19.8 Å². The van der Waals surface area contributed by atoms with Crippen LogP contribution in [0.3, 0.4) is 0 Å². The first-order chi connectivity index (χ1) is 12.0. The van der Waals surface area contributed by atoms with Crippen LogP contribution >= 0.6 is 23.5 Å². The number of fused-ring (bicyclic) bond motifs is 1. The van der Waals surface area contributed by atoms with Crippen molar-refractivity contribution in [3.05, 3.63) is 22.8 Å². The number of thioether (sulfide) groups is 2. The number of ether oxygens (including phenoxy) is 1. The molecule has 2 N–H and O–H groups in total. The second kappa shape index (κ2) is 7.61. The summed E-state index contributed by atoms with van der Waals surface area (Å²) < 4.78 is 5.64. The average Bonchev–Trinajstić information content (AvgIpc) is 3.11. The van der Waals surface area contributed by atoms with Gasteiger partial charge in [0.15, 0.2) is 0 Å². The number of aliphatic hydroxyl groups is 1. The molecule has 0 aromatic heterocycles. The second-order valence-electron chi connectivity index (χ2n) is 6.26. The molecule has 7 nitrogen and oxygen atoms in total. The lowest BCUT2D eigenvalue weighted by Crippen LogP contribution is -2.60. The van der Waals surface area contributed by atoms with Crippen LogP contribution in [-0.2, 0) is 9.53 Å². The summed E-state index contributed by atoms with van der Waals surface area (Å²) in [5.74, 6) is -0.654. The predicted octanol–water partition coefficient (Wildman–Crippen LogP) is 2.10. The average molecular weight is 386 g/mol. The van der Waals surface area contributed by atoms with E-state index in [4.69, 9.17) is 9.84 Å². The van der Waals surface area contributed by atoms with E-state index in [1.807, 2.05) is 13.0 Å². The van der Waals surface area contributed by atoms with E-state index >= 15 is 0 Å². The number of nitrogens with zero attached hydrogens (tertiary/aromatic N) is 2. The zero-order valence-electron chi connectivity index (χ0n) is 14.0. The van der Waals surface area contributed by atoms with Crippen LogP contribution < -0.4 is 0 Å². The second-order valence-corrected chi connectivity index (χ2v) is 8.95. The number of aliphatic hydroxyl groups excluding tert-OH is 1. The number of rotatable bonds is 7. The first kappa shape index (κ1) is 18.6. The molecule has 3 aliphatic heterocycles. The molecule has 4 atom stereocenters. The molecule has 0 spiro atoms. The number of amides is 1. The standard InChI is InChI=1S/C16H22N2O5S2/c1-3-6-17-7-5-9(8-17)24-15-13(23-16(21)22)18-12(20)11(10(19)4-2)14(18)25-15/h3,9-11,14,19H,1,4-8H2,2H3,(H,21,22)/t9?,10-,11?,14-/m0/s1. The SMILES string of the molecule is C=CCN1CCC(SC2=C(OC(=O)O)N3C(=O)C([C@@H](O)CC)[C@@H]3S2)C1. The molecule has 25 heavy (non-hydrogen) atoms. The van der Waals surface area contributed by atoms with Gasteiger partial charge < -0.3 is 14.9 Å². The van der Waals surface area contributed by atoms with Crippen LogP contribution in [-0.4, -0.2) is 68.4 Å². The van der Waals surface area contributed by atoms with Gasteiger partial charge in [-0.25, -0.2) is 4.79 Å². The van der Waals surface area contributed by atoms with E-state index in [1.54, 1.807) is 11.8 Å². The summed E-state index contributed by atoms with van der Waals surface area (Å²) in [4.78, 5) is 27.1. The van der Waals surface area contributed by atoms with Gasteiger partial charge >= 0.3 is 6.16 Å². The molecule has 1 amide bonds. The van der Waals surface area contributed by atoms with E-state index in [2.05, 4.69) is 11.5 Å². The minimum atomic E-state index is -1.43. The summed E-state index contributed by atoms with van der Waals surface area (Å²) in [6.07, 6.45) is 1.20. The highest BCUT2D eigenvalue weighted by atomic mass is 32.2. The van der Waals surface area contributed by atoms with Crippen LogP contribution in [0.25, 0.3) is 0 Å². The summed E-state index contributed by atoms with van der Waals surface area (Å²) in [5, 5.41) is 19.1. The zero-order chi connectivity index (χ0) is 18.1. The number of carboxylic acid groups (broad SMARTS) is 1. The normalized spacial score (nSPS) is 30.2. The largest absolute Gasteiger partial charge is 0.512 e. The minimum Gasteiger partial charge on any atom is -0.449 e. The molecule has 2 unspecified atom stereocenters. The molecule has 3 rings (SSSR count). The summed E-state index contributed by atoms with van der Waals surface area (Å²) in [6, 6.07) is 0. The minimum absolute atomic E-state index is 0.110. The van der Waals surface area contributed by atoms with E-state index in [0.29, 0.717) is 11.7 Å². The predicted molar refractivity (Wildman–Crippen MR) is 96.8 cm³/mol. The lowest BCUT2D eigenvalue weighted by molar-refractivity contribution is -0.156. The van der Waals surface area contributed by atoms with Gasteiger partial charge in [0.1, 0.15) is 9.61 Å². The molecule has 0 radical (unpaired) electrons. The lowest BCUT2D eigenvalue weighted by atomic mass is 9.91. The number of carbonyl (C=O) groups excluding carboxylic acids is 1. The third-order valence-electron chi connectivity index (χ3n) is 4.61. The molecule has 0 aromatic carbocycles. The highest BCUT2D eigenvalue weighted by Crippen LogP contribution is 2.55. The molecule has 138 valence electrons. The van der Waals surface area contributed by atoms with Gasteiger partial charge in [0.25, 0.3) is 0 Å². The fourth-order valence-corrected chi connectivity index (χ4v) is 6.53. The van der Waals surface area contributed by atoms with Crippen molar-refractivity contribution in [3.63, 3.8) is 0 Å². The molecule has 3 heterocycles. The molecule has 0 bridgehead atoms. The Labute approximate surface area is 155 Å². The Morgan fingerprint density at radius 3 is 3.00 bits per heavy atom. The molecule has 0 saturated carbocycles. The van der Waals surface area contributed by atoms with Gasteiger partial charge in [-0.05, 0) is 19.4 Å². The lowest BCUT2D eigenvalue weighted by Gasteiger charge is -2.43. The molecule has 0 aromatic rings. The van der Waals surface area contributed by atoms with E-state index in [9.17, 15) is 14.7 Å². The number of hydrogen-bond donors (Lipinski definition) is 2. The zero-order valence-corrected chi connectivity index (χ0v) is 15.6. The summed E-state index contributed by atoms with van der Waals surface area (Å²) in [5.41, 5.74) is 0. The van der Waals surface area contributed by atoms with Crippen molar-refractivity contribution in [1.29, 1.82) is 0 Å². The van der Waals surface area contributed by atoms with Crippen LogP contribution in [0, 0.1) is 5.92 Å². The molecular weight excluding hydrogens is 364 g/mol. The monoisotopic (exact) mass is 386 g/mol. The maximum atomic E-state index is 12.4. The maximum absolute atomic E-state index is 12.4. The third-order valence-corrected chi connectivity index (χ3v) is 7.43. The van der Waals surface area contributed by atoms with Gasteiger partial charge in [0.2, 0.25) is 11.8 Å². The van der Waals surface area contributed by atoms with Crippen molar-refractivity contribution in [2.75, 3.05) is 19.6 Å². The summed E-state index contributed by atoms with van der Waals surface area (Å²) in [7, 11) is 0. The Bertz CT molecular complexity index is 611. The molecule has 2 saturated heterocycles. The van der Waals surface area contributed by atoms with E-state index < -0.39 is 18.2 Å². The smallest absolute Gasteiger partial charge is 0.449 e. The molecule has 0 aliphatic carbocycles.